The average molecular weight is 460 g/mol. The van der Waals surface area contributed by atoms with Gasteiger partial charge in [-0.3, -0.25) is 9.59 Å². The summed E-state index contributed by atoms with van der Waals surface area (Å²) in [7, 11) is 3.13. The van der Waals surface area contributed by atoms with Gasteiger partial charge in [0.05, 0.1) is 26.3 Å². The molecule has 3 aromatic carbocycles. The first-order chi connectivity index (χ1) is 16.5. The van der Waals surface area contributed by atoms with Crippen molar-refractivity contribution < 1.29 is 23.9 Å². The van der Waals surface area contributed by atoms with Crippen LogP contribution in [0, 0.1) is 0 Å². The van der Waals surface area contributed by atoms with Crippen molar-refractivity contribution in [2.45, 2.75) is 19.0 Å². The molecule has 1 aliphatic heterocycles. The van der Waals surface area contributed by atoms with Crippen LogP contribution in [0.25, 0.3) is 0 Å². The number of imide groups is 1. The second-order valence-electron chi connectivity index (χ2n) is 7.76. The lowest BCUT2D eigenvalue weighted by Gasteiger charge is -2.28. The van der Waals surface area contributed by atoms with E-state index in [2.05, 4.69) is 5.32 Å². The lowest BCUT2D eigenvalue weighted by Crippen LogP contribution is -2.46. The standard InChI is InChI=1S/C26H25N3O5/c1-33-21-12-8-18(9-13-21)17-28(26(32)27-19-10-14-22(34-2)15-11-19)23-16-24(30)29(25(23)31)20-6-4-3-5-7-20/h3-15,23H,16-17H2,1-2H3,(H,27,32)/t23-/m0/s1. The molecule has 174 valence electrons. The molecule has 0 unspecified atom stereocenters. The lowest BCUT2D eigenvalue weighted by atomic mass is 10.1. The number of carbonyl (C=O) groups excluding carboxylic acids is 3. The molecule has 8 heteroatoms. The second-order valence-corrected chi connectivity index (χ2v) is 7.76. The molecule has 0 aliphatic carbocycles. The summed E-state index contributed by atoms with van der Waals surface area (Å²) >= 11 is 0. The number of ether oxygens (including phenoxy) is 2. The molecule has 0 aromatic heterocycles. The molecule has 1 saturated heterocycles. The number of carbonyl (C=O) groups is 3. The fourth-order valence-corrected chi connectivity index (χ4v) is 3.83. The maximum absolute atomic E-state index is 13.4. The highest BCUT2D eigenvalue weighted by atomic mass is 16.5. The summed E-state index contributed by atoms with van der Waals surface area (Å²) in [4.78, 5) is 42.0. The number of nitrogens with one attached hydrogen (secondary N) is 1. The Bertz CT molecular complexity index is 1160. The van der Waals surface area contributed by atoms with E-state index >= 15 is 0 Å². The highest BCUT2D eigenvalue weighted by Gasteiger charge is 2.44. The SMILES string of the molecule is COc1ccc(CN(C(=O)Nc2ccc(OC)cc2)[C@H]2CC(=O)N(c3ccccc3)C2=O)cc1. The van der Waals surface area contributed by atoms with Gasteiger partial charge in [-0.05, 0) is 54.1 Å². The first-order valence-corrected chi connectivity index (χ1v) is 10.8. The molecule has 1 heterocycles. The van der Waals surface area contributed by atoms with Crippen LogP contribution >= 0.6 is 0 Å². The summed E-state index contributed by atoms with van der Waals surface area (Å²) in [6, 6.07) is 21.4. The van der Waals surface area contributed by atoms with Gasteiger partial charge in [-0.2, -0.15) is 0 Å². The van der Waals surface area contributed by atoms with E-state index < -0.39 is 18.0 Å². The molecule has 3 aromatic rings. The maximum atomic E-state index is 13.4. The van der Waals surface area contributed by atoms with Crippen molar-refractivity contribution >= 4 is 29.2 Å². The Morgan fingerprint density at radius 2 is 1.50 bits per heavy atom. The van der Waals surface area contributed by atoms with Crippen LogP contribution in [-0.4, -0.2) is 43.0 Å². The van der Waals surface area contributed by atoms with Gasteiger partial charge in [-0.1, -0.05) is 30.3 Å². The van der Waals surface area contributed by atoms with Gasteiger partial charge >= 0.3 is 6.03 Å². The Labute approximate surface area is 197 Å². The van der Waals surface area contributed by atoms with Gasteiger partial charge in [-0.25, -0.2) is 9.69 Å². The van der Waals surface area contributed by atoms with Gasteiger partial charge in [-0.15, -0.1) is 0 Å². The fraction of sp³-hybridized carbons (Fsp3) is 0.192. The molecular weight excluding hydrogens is 434 g/mol. The normalized spacial score (nSPS) is 15.2. The molecule has 1 fully saturated rings. The van der Waals surface area contributed by atoms with Crippen molar-refractivity contribution in [3.05, 3.63) is 84.4 Å². The molecule has 0 spiro atoms. The molecule has 0 bridgehead atoms. The number of amides is 4. The Balaban J connectivity index is 1.61. The number of methoxy groups -OCH3 is 2. The van der Waals surface area contributed by atoms with Crippen LogP contribution in [0.4, 0.5) is 16.2 Å². The van der Waals surface area contributed by atoms with E-state index in [-0.39, 0.29) is 18.9 Å². The Morgan fingerprint density at radius 3 is 2.09 bits per heavy atom. The van der Waals surface area contributed by atoms with Gasteiger partial charge in [0.15, 0.2) is 0 Å². The largest absolute Gasteiger partial charge is 0.497 e. The predicted molar refractivity (Wildman–Crippen MR) is 128 cm³/mol. The zero-order valence-electron chi connectivity index (χ0n) is 18.9. The maximum Gasteiger partial charge on any atom is 0.322 e. The van der Waals surface area contributed by atoms with Crippen LogP contribution in [0.2, 0.25) is 0 Å². The predicted octanol–water partition coefficient (Wildman–Crippen LogP) is 4.07. The van der Waals surface area contributed by atoms with Crippen molar-refractivity contribution in [3.63, 3.8) is 0 Å². The van der Waals surface area contributed by atoms with E-state index in [0.717, 1.165) is 10.5 Å². The van der Waals surface area contributed by atoms with Crippen molar-refractivity contribution in [3.8, 4) is 11.5 Å². The highest BCUT2D eigenvalue weighted by molar-refractivity contribution is 6.23. The quantitative estimate of drug-likeness (QED) is 0.538. The second kappa shape index (κ2) is 10.1. The van der Waals surface area contributed by atoms with Gasteiger partial charge in [0, 0.05) is 12.2 Å². The zero-order chi connectivity index (χ0) is 24.1. The van der Waals surface area contributed by atoms with Gasteiger partial charge in [0.25, 0.3) is 5.91 Å². The highest BCUT2D eigenvalue weighted by Crippen LogP contribution is 2.27. The van der Waals surface area contributed by atoms with Crippen LogP contribution in [-0.2, 0) is 16.1 Å². The van der Waals surface area contributed by atoms with Crippen LogP contribution in [0.3, 0.4) is 0 Å². The van der Waals surface area contributed by atoms with Crippen LogP contribution in [0.1, 0.15) is 12.0 Å². The first kappa shape index (κ1) is 22.8. The summed E-state index contributed by atoms with van der Waals surface area (Å²) in [6.45, 7) is 0.137. The molecular formula is C26H25N3O5. The minimum absolute atomic E-state index is 0.0973. The number of nitrogens with zero attached hydrogens (tertiary/aromatic N) is 2. The van der Waals surface area contributed by atoms with E-state index in [0.29, 0.717) is 22.9 Å². The van der Waals surface area contributed by atoms with Crippen LogP contribution < -0.4 is 19.7 Å². The Hall–Kier alpha value is -4.33. The summed E-state index contributed by atoms with van der Waals surface area (Å²) < 4.78 is 10.4. The summed E-state index contributed by atoms with van der Waals surface area (Å²) in [5.41, 5.74) is 1.83. The Morgan fingerprint density at radius 1 is 0.912 bits per heavy atom. The van der Waals surface area contributed by atoms with Crippen molar-refractivity contribution in [2.24, 2.45) is 0 Å². The van der Waals surface area contributed by atoms with Crippen molar-refractivity contribution in [1.29, 1.82) is 0 Å². The molecule has 0 saturated carbocycles. The first-order valence-electron chi connectivity index (χ1n) is 10.8. The van der Waals surface area contributed by atoms with Crippen molar-refractivity contribution in [2.75, 3.05) is 24.4 Å². The molecule has 8 nitrogen and oxygen atoms in total. The third-order valence-electron chi connectivity index (χ3n) is 5.63. The van der Waals surface area contributed by atoms with Gasteiger partial charge < -0.3 is 19.7 Å². The third kappa shape index (κ3) is 4.85. The molecule has 1 N–H and O–H groups in total. The van der Waals surface area contributed by atoms with Crippen LogP contribution in [0.5, 0.6) is 11.5 Å². The summed E-state index contributed by atoms with van der Waals surface area (Å²) in [5.74, 6) is 0.552. The third-order valence-corrected chi connectivity index (χ3v) is 5.63. The number of rotatable bonds is 7. The number of hydrogen-bond acceptors (Lipinski definition) is 5. The van der Waals surface area contributed by atoms with Crippen LogP contribution in [0.15, 0.2) is 78.9 Å². The smallest absolute Gasteiger partial charge is 0.322 e. The molecule has 34 heavy (non-hydrogen) atoms. The number of hydrogen-bond donors (Lipinski definition) is 1. The zero-order valence-corrected chi connectivity index (χ0v) is 18.9. The minimum Gasteiger partial charge on any atom is -0.497 e. The fourth-order valence-electron chi connectivity index (χ4n) is 3.83. The van der Waals surface area contributed by atoms with Gasteiger partial charge in [0.1, 0.15) is 17.5 Å². The lowest BCUT2D eigenvalue weighted by molar-refractivity contribution is -0.122. The Kier molecular flexibility index (Phi) is 6.77. The van der Waals surface area contributed by atoms with Crippen molar-refractivity contribution in [1.82, 2.24) is 4.90 Å². The number of anilines is 2. The molecule has 1 aliphatic rings. The van der Waals surface area contributed by atoms with E-state index in [1.165, 1.54) is 4.90 Å². The molecule has 4 amide bonds. The average Bonchev–Trinajstić information content (AvgIpc) is 3.17. The molecule has 0 radical (unpaired) electrons. The van der Waals surface area contributed by atoms with E-state index in [4.69, 9.17) is 9.47 Å². The number of urea groups is 1. The minimum atomic E-state index is -0.937. The number of para-hydroxylation sites is 1. The summed E-state index contributed by atoms with van der Waals surface area (Å²) in [5, 5.41) is 2.83. The van der Waals surface area contributed by atoms with E-state index in [9.17, 15) is 14.4 Å². The topological polar surface area (TPSA) is 88.2 Å². The molecule has 4 rings (SSSR count). The molecule has 1 atom stereocenters. The van der Waals surface area contributed by atoms with E-state index in [1.807, 2.05) is 18.2 Å². The van der Waals surface area contributed by atoms with Gasteiger partial charge in [0.2, 0.25) is 5.91 Å². The number of benzene rings is 3. The monoisotopic (exact) mass is 459 g/mol. The van der Waals surface area contributed by atoms with E-state index in [1.54, 1.807) is 74.9 Å². The summed E-state index contributed by atoms with van der Waals surface area (Å²) in [6.07, 6.45) is -0.0973.